The number of hydrogen-bond donors (Lipinski definition) is 1. The van der Waals surface area contributed by atoms with Crippen LogP contribution in [0.3, 0.4) is 0 Å². The summed E-state index contributed by atoms with van der Waals surface area (Å²) in [4.78, 5) is 15.7. The third-order valence-corrected chi connectivity index (χ3v) is 3.30. The Morgan fingerprint density at radius 1 is 1.32 bits per heavy atom. The second-order valence-corrected chi connectivity index (χ2v) is 5.17. The fourth-order valence-corrected chi connectivity index (χ4v) is 2.11. The van der Waals surface area contributed by atoms with Gasteiger partial charge in [-0.1, -0.05) is 0 Å². The van der Waals surface area contributed by atoms with E-state index in [-0.39, 0.29) is 5.69 Å². The number of benzene rings is 1. The maximum Gasteiger partial charge on any atom is 0.349 e. The number of hydrogen-bond acceptors (Lipinski definition) is 4. The first kappa shape index (κ1) is 12.2. The molecule has 2 aromatic heterocycles. The maximum absolute atomic E-state index is 11.5. The van der Waals surface area contributed by atoms with Gasteiger partial charge in [-0.2, -0.15) is 10.1 Å². The van der Waals surface area contributed by atoms with Gasteiger partial charge in [0.15, 0.2) is 5.65 Å². The number of fused-ring (bicyclic) bond motifs is 1. The van der Waals surface area contributed by atoms with E-state index in [0.717, 1.165) is 3.57 Å². The Morgan fingerprint density at radius 2 is 2.05 bits per heavy atom. The number of rotatable bonds is 2. The van der Waals surface area contributed by atoms with Gasteiger partial charge in [-0.15, -0.1) is 0 Å². The van der Waals surface area contributed by atoms with Crippen LogP contribution in [0, 0.1) is 10.5 Å². The molecule has 7 heteroatoms. The SMILES string of the molecule is Cc1nc(Oc2ccc(I)cc2)cc2n[nH]c(=O)n12. The summed E-state index contributed by atoms with van der Waals surface area (Å²) in [6.07, 6.45) is 0. The van der Waals surface area contributed by atoms with Gasteiger partial charge in [0.25, 0.3) is 0 Å². The van der Waals surface area contributed by atoms with Gasteiger partial charge in [-0.25, -0.2) is 14.3 Å². The van der Waals surface area contributed by atoms with Crippen molar-refractivity contribution in [2.24, 2.45) is 0 Å². The molecule has 0 amide bonds. The normalized spacial score (nSPS) is 10.8. The molecule has 0 radical (unpaired) electrons. The maximum atomic E-state index is 11.5. The molecule has 0 aliphatic heterocycles. The van der Waals surface area contributed by atoms with Crippen LogP contribution in [0.4, 0.5) is 0 Å². The van der Waals surface area contributed by atoms with E-state index in [1.165, 1.54) is 4.40 Å². The molecule has 0 spiro atoms. The molecule has 0 saturated heterocycles. The molecule has 1 N–H and O–H groups in total. The number of nitrogens with one attached hydrogen (secondary N) is 1. The number of nitrogens with zero attached hydrogens (tertiary/aromatic N) is 3. The van der Waals surface area contributed by atoms with Crippen LogP contribution < -0.4 is 10.4 Å². The van der Waals surface area contributed by atoms with Gasteiger partial charge in [0, 0.05) is 9.64 Å². The summed E-state index contributed by atoms with van der Waals surface area (Å²) in [5.74, 6) is 1.62. The summed E-state index contributed by atoms with van der Waals surface area (Å²) in [5.41, 5.74) is 0.179. The lowest BCUT2D eigenvalue weighted by atomic mass is 10.3. The van der Waals surface area contributed by atoms with Crippen molar-refractivity contribution in [3.63, 3.8) is 0 Å². The summed E-state index contributed by atoms with van der Waals surface area (Å²) in [7, 11) is 0. The monoisotopic (exact) mass is 368 g/mol. The van der Waals surface area contributed by atoms with Crippen LogP contribution in [-0.2, 0) is 0 Å². The fraction of sp³-hybridized carbons (Fsp3) is 0.0833. The van der Waals surface area contributed by atoms with E-state index < -0.39 is 0 Å². The van der Waals surface area contributed by atoms with E-state index >= 15 is 0 Å². The van der Waals surface area contributed by atoms with Gasteiger partial charge in [0.2, 0.25) is 5.88 Å². The van der Waals surface area contributed by atoms with Gasteiger partial charge in [0.1, 0.15) is 11.6 Å². The van der Waals surface area contributed by atoms with Crippen LogP contribution in [0.1, 0.15) is 5.82 Å². The molecule has 0 aliphatic rings. The highest BCUT2D eigenvalue weighted by molar-refractivity contribution is 14.1. The fourth-order valence-electron chi connectivity index (χ4n) is 1.75. The zero-order valence-electron chi connectivity index (χ0n) is 9.92. The zero-order valence-corrected chi connectivity index (χ0v) is 12.1. The van der Waals surface area contributed by atoms with Crippen molar-refractivity contribution in [1.82, 2.24) is 19.6 Å². The molecule has 0 fully saturated rings. The van der Waals surface area contributed by atoms with Crippen LogP contribution in [0.5, 0.6) is 11.6 Å². The second kappa shape index (κ2) is 4.65. The smallest absolute Gasteiger partial charge is 0.349 e. The van der Waals surface area contributed by atoms with E-state index in [4.69, 9.17) is 4.74 Å². The van der Waals surface area contributed by atoms with Gasteiger partial charge in [-0.3, -0.25) is 0 Å². The van der Waals surface area contributed by atoms with Gasteiger partial charge in [-0.05, 0) is 53.8 Å². The summed E-state index contributed by atoms with van der Waals surface area (Å²) in [6.45, 7) is 1.73. The lowest BCUT2D eigenvalue weighted by Gasteiger charge is -2.06. The van der Waals surface area contributed by atoms with Crippen molar-refractivity contribution < 1.29 is 4.74 Å². The van der Waals surface area contributed by atoms with Crippen LogP contribution >= 0.6 is 22.6 Å². The summed E-state index contributed by atoms with van der Waals surface area (Å²) in [6, 6.07) is 9.23. The Labute approximate surface area is 121 Å². The molecule has 6 nitrogen and oxygen atoms in total. The first-order chi connectivity index (χ1) is 9.13. The molecule has 0 unspecified atom stereocenters. The van der Waals surface area contributed by atoms with Crippen molar-refractivity contribution in [1.29, 1.82) is 0 Å². The zero-order chi connectivity index (χ0) is 13.4. The van der Waals surface area contributed by atoms with E-state index in [0.29, 0.717) is 23.1 Å². The average Bonchev–Trinajstić information content (AvgIpc) is 2.74. The molecule has 96 valence electrons. The van der Waals surface area contributed by atoms with Crippen molar-refractivity contribution >= 4 is 28.2 Å². The summed E-state index contributed by atoms with van der Waals surface area (Å²) >= 11 is 2.22. The van der Waals surface area contributed by atoms with Gasteiger partial charge < -0.3 is 4.74 Å². The summed E-state index contributed by atoms with van der Waals surface area (Å²) in [5, 5.41) is 6.28. The molecule has 3 aromatic rings. The molecule has 19 heavy (non-hydrogen) atoms. The largest absolute Gasteiger partial charge is 0.439 e. The topological polar surface area (TPSA) is 72.3 Å². The van der Waals surface area contributed by atoms with E-state index in [2.05, 4.69) is 37.8 Å². The second-order valence-electron chi connectivity index (χ2n) is 3.92. The Hall–Kier alpha value is -1.90. The highest BCUT2D eigenvalue weighted by Gasteiger charge is 2.08. The lowest BCUT2D eigenvalue weighted by molar-refractivity contribution is 0.460. The van der Waals surface area contributed by atoms with Crippen molar-refractivity contribution in [3.8, 4) is 11.6 Å². The molecule has 2 heterocycles. The molecule has 0 aliphatic carbocycles. The van der Waals surface area contributed by atoms with E-state index in [1.54, 1.807) is 13.0 Å². The molecule has 0 atom stereocenters. The molecular weight excluding hydrogens is 359 g/mol. The van der Waals surface area contributed by atoms with E-state index in [9.17, 15) is 4.79 Å². The number of halogens is 1. The molecule has 1 aromatic carbocycles. The van der Waals surface area contributed by atoms with Crippen LogP contribution in [-0.4, -0.2) is 19.6 Å². The predicted octanol–water partition coefficient (Wildman–Crippen LogP) is 2.12. The standard InChI is InChI=1S/C12H9IN4O2/c1-7-14-11(6-10-15-16-12(18)17(7)10)19-9-4-2-8(13)3-5-9/h2-6H,1H3,(H,16,18). The average molecular weight is 368 g/mol. The molecule has 0 bridgehead atoms. The molecule has 0 saturated carbocycles. The van der Waals surface area contributed by atoms with Crippen molar-refractivity contribution in [3.05, 3.63) is 50.2 Å². The Kier molecular flexibility index (Phi) is 2.97. The molecular formula is C12H9IN4O2. The number of aromatic nitrogens is 4. The van der Waals surface area contributed by atoms with Crippen LogP contribution in [0.2, 0.25) is 0 Å². The Morgan fingerprint density at radius 3 is 2.79 bits per heavy atom. The van der Waals surface area contributed by atoms with Crippen LogP contribution in [0.25, 0.3) is 5.65 Å². The highest BCUT2D eigenvalue weighted by atomic mass is 127. The first-order valence-corrected chi connectivity index (χ1v) is 6.59. The third-order valence-electron chi connectivity index (χ3n) is 2.58. The third kappa shape index (κ3) is 2.33. The number of H-pyrrole nitrogens is 1. The Balaban J connectivity index is 2.01. The number of aromatic amines is 1. The van der Waals surface area contributed by atoms with Crippen molar-refractivity contribution in [2.45, 2.75) is 6.92 Å². The quantitative estimate of drug-likeness (QED) is 0.704. The van der Waals surface area contributed by atoms with Gasteiger partial charge >= 0.3 is 5.69 Å². The van der Waals surface area contributed by atoms with Crippen molar-refractivity contribution in [2.75, 3.05) is 0 Å². The Bertz CT molecular complexity index is 792. The molecule has 3 rings (SSSR count). The first-order valence-electron chi connectivity index (χ1n) is 5.52. The lowest BCUT2D eigenvalue weighted by Crippen LogP contribution is -2.13. The minimum Gasteiger partial charge on any atom is -0.439 e. The minimum absolute atomic E-state index is 0.305. The van der Waals surface area contributed by atoms with Crippen LogP contribution in [0.15, 0.2) is 35.1 Å². The van der Waals surface area contributed by atoms with Gasteiger partial charge in [0.05, 0.1) is 0 Å². The predicted molar refractivity (Wildman–Crippen MR) is 77.6 cm³/mol. The highest BCUT2D eigenvalue weighted by Crippen LogP contribution is 2.21. The number of aryl methyl sites for hydroxylation is 1. The minimum atomic E-state index is -0.305. The number of ether oxygens (including phenoxy) is 1. The summed E-state index contributed by atoms with van der Waals surface area (Å²) < 4.78 is 8.17. The van der Waals surface area contributed by atoms with E-state index in [1.807, 2.05) is 24.3 Å².